The van der Waals surface area contributed by atoms with E-state index in [9.17, 15) is 0 Å². The quantitative estimate of drug-likeness (QED) is 0.926. The summed E-state index contributed by atoms with van der Waals surface area (Å²) in [5.74, 6) is 0. The van der Waals surface area contributed by atoms with Gasteiger partial charge in [-0.2, -0.15) is 0 Å². The molecule has 19 heavy (non-hydrogen) atoms. The molecule has 1 aliphatic rings. The molecule has 1 aromatic rings. The molecule has 1 saturated heterocycles. The molecule has 1 heterocycles. The number of aryl methyl sites for hydroxylation is 1. The summed E-state index contributed by atoms with van der Waals surface area (Å²) in [7, 11) is 2.20. The first-order valence-corrected chi connectivity index (χ1v) is 7.72. The molecule has 1 fully saturated rings. The molecule has 106 valence electrons. The van der Waals surface area contributed by atoms with E-state index in [2.05, 4.69) is 64.8 Å². The van der Waals surface area contributed by atoms with Crippen molar-refractivity contribution < 1.29 is 0 Å². The summed E-state index contributed by atoms with van der Waals surface area (Å²) >= 11 is 3.56. The van der Waals surface area contributed by atoms with Gasteiger partial charge in [-0.05, 0) is 38.1 Å². The van der Waals surface area contributed by atoms with Gasteiger partial charge in [0.2, 0.25) is 0 Å². The third-order valence-corrected chi connectivity index (χ3v) is 5.11. The molecule has 2 N–H and O–H groups in total. The van der Waals surface area contributed by atoms with Crippen molar-refractivity contribution in [3.05, 3.63) is 33.8 Å². The normalized spacial score (nSPS) is 23.5. The summed E-state index contributed by atoms with van der Waals surface area (Å²) in [4.78, 5) is 4.93. The lowest BCUT2D eigenvalue weighted by Crippen LogP contribution is -2.52. The molecule has 4 heteroatoms. The summed E-state index contributed by atoms with van der Waals surface area (Å²) in [6.45, 7) is 8.40. The number of nitrogens with two attached hydrogens (primary N) is 1. The van der Waals surface area contributed by atoms with Gasteiger partial charge in [0.15, 0.2) is 0 Å². The first-order valence-electron chi connectivity index (χ1n) is 6.93. The fourth-order valence-electron chi connectivity index (χ4n) is 2.73. The van der Waals surface area contributed by atoms with E-state index in [0.717, 1.165) is 19.6 Å². The fraction of sp³-hybridized carbons (Fsp3) is 0.600. The molecular weight excluding hydrogens is 302 g/mol. The molecule has 3 nitrogen and oxygen atoms in total. The Morgan fingerprint density at radius 1 is 1.42 bits per heavy atom. The zero-order valence-corrected chi connectivity index (χ0v) is 13.7. The number of halogens is 1. The monoisotopic (exact) mass is 325 g/mol. The molecule has 1 aliphatic heterocycles. The van der Waals surface area contributed by atoms with Crippen LogP contribution in [0.4, 0.5) is 0 Å². The zero-order chi connectivity index (χ0) is 14.0. The summed E-state index contributed by atoms with van der Waals surface area (Å²) in [5.41, 5.74) is 8.65. The second-order valence-electron chi connectivity index (χ2n) is 5.58. The van der Waals surface area contributed by atoms with E-state index < -0.39 is 0 Å². The van der Waals surface area contributed by atoms with Crippen LogP contribution in [0.1, 0.15) is 24.1 Å². The fourth-order valence-corrected chi connectivity index (χ4v) is 2.98. The Kier molecular flexibility index (Phi) is 5.01. The molecule has 0 aliphatic carbocycles. The maximum Gasteiger partial charge on any atom is 0.0471 e. The molecule has 0 amide bonds. The maximum atomic E-state index is 6.04. The Morgan fingerprint density at radius 3 is 2.74 bits per heavy atom. The third kappa shape index (κ3) is 3.37. The minimum absolute atomic E-state index is 0.336. The largest absolute Gasteiger partial charge is 0.329 e. The minimum atomic E-state index is 0.336. The highest BCUT2D eigenvalue weighted by Crippen LogP contribution is 2.26. The van der Waals surface area contributed by atoms with Crippen LogP contribution >= 0.6 is 15.9 Å². The van der Waals surface area contributed by atoms with E-state index in [1.807, 2.05) is 0 Å². The van der Waals surface area contributed by atoms with Gasteiger partial charge in [0.25, 0.3) is 0 Å². The molecule has 0 bridgehead atoms. The number of likely N-dealkylation sites (N-methyl/N-ethyl adjacent to an activating group) is 1. The van der Waals surface area contributed by atoms with Crippen LogP contribution in [0.25, 0.3) is 0 Å². The molecule has 2 atom stereocenters. The standard InChI is InChI=1S/C15H24BrN3/c1-11-8-13(4-5-14(11)16)15(9-17)19-7-6-18(3)12(2)10-19/h4-5,8,12,15H,6-7,9-10,17H2,1-3H3. The van der Waals surface area contributed by atoms with Crippen LogP contribution in [0.2, 0.25) is 0 Å². The van der Waals surface area contributed by atoms with E-state index in [0.29, 0.717) is 18.6 Å². The predicted molar refractivity (Wildman–Crippen MR) is 84.3 cm³/mol. The number of hydrogen-bond donors (Lipinski definition) is 1. The Balaban J connectivity index is 2.17. The van der Waals surface area contributed by atoms with Crippen LogP contribution in [-0.2, 0) is 0 Å². The highest BCUT2D eigenvalue weighted by atomic mass is 79.9. The van der Waals surface area contributed by atoms with Gasteiger partial charge in [0.1, 0.15) is 0 Å². The lowest BCUT2D eigenvalue weighted by molar-refractivity contribution is 0.0741. The van der Waals surface area contributed by atoms with Gasteiger partial charge in [-0.3, -0.25) is 4.90 Å². The highest BCUT2D eigenvalue weighted by Gasteiger charge is 2.26. The molecule has 2 rings (SSSR count). The van der Waals surface area contributed by atoms with Crippen LogP contribution < -0.4 is 5.73 Å². The Morgan fingerprint density at radius 2 is 2.16 bits per heavy atom. The average Bonchev–Trinajstić information content (AvgIpc) is 2.39. The van der Waals surface area contributed by atoms with E-state index in [1.165, 1.54) is 15.6 Å². The van der Waals surface area contributed by atoms with Crippen molar-refractivity contribution in [2.24, 2.45) is 5.73 Å². The van der Waals surface area contributed by atoms with E-state index in [-0.39, 0.29) is 0 Å². The Hall–Kier alpha value is -0.420. The van der Waals surface area contributed by atoms with Gasteiger partial charge < -0.3 is 10.6 Å². The molecule has 0 radical (unpaired) electrons. The van der Waals surface area contributed by atoms with Crippen LogP contribution in [-0.4, -0.2) is 49.1 Å². The van der Waals surface area contributed by atoms with Crippen molar-refractivity contribution in [3.63, 3.8) is 0 Å². The van der Waals surface area contributed by atoms with Crippen molar-refractivity contribution in [2.75, 3.05) is 33.2 Å². The van der Waals surface area contributed by atoms with Gasteiger partial charge in [0, 0.05) is 42.7 Å². The SMILES string of the molecule is Cc1cc(C(CN)N2CCN(C)C(C)C2)ccc1Br. The number of rotatable bonds is 3. The van der Waals surface area contributed by atoms with E-state index >= 15 is 0 Å². The third-order valence-electron chi connectivity index (χ3n) is 4.22. The van der Waals surface area contributed by atoms with Gasteiger partial charge in [-0.15, -0.1) is 0 Å². The molecule has 0 saturated carbocycles. The first-order chi connectivity index (χ1) is 9.02. The topological polar surface area (TPSA) is 32.5 Å². The second kappa shape index (κ2) is 6.35. The Bertz CT molecular complexity index is 435. The van der Waals surface area contributed by atoms with Crippen LogP contribution in [0.3, 0.4) is 0 Å². The Labute approximate surface area is 124 Å². The van der Waals surface area contributed by atoms with E-state index in [1.54, 1.807) is 0 Å². The average molecular weight is 326 g/mol. The summed E-state index contributed by atoms with van der Waals surface area (Å²) < 4.78 is 1.17. The number of hydrogen-bond acceptors (Lipinski definition) is 3. The lowest BCUT2D eigenvalue weighted by atomic mass is 10.0. The lowest BCUT2D eigenvalue weighted by Gasteiger charge is -2.41. The van der Waals surface area contributed by atoms with Crippen molar-refractivity contribution in [1.82, 2.24) is 9.80 Å². The molecule has 2 unspecified atom stereocenters. The molecule has 0 spiro atoms. The summed E-state index contributed by atoms with van der Waals surface area (Å²) in [6.07, 6.45) is 0. The molecule has 1 aromatic carbocycles. The van der Waals surface area contributed by atoms with Crippen molar-refractivity contribution in [2.45, 2.75) is 25.9 Å². The first kappa shape index (κ1) is 15.0. The van der Waals surface area contributed by atoms with Crippen LogP contribution in [0.15, 0.2) is 22.7 Å². The second-order valence-corrected chi connectivity index (χ2v) is 6.44. The molecule has 0 aromatic heterocycles. The number of piperazine rings is 1. The van der Waals surface area contributed by atoms with Gasteiger partial charge in [0.05, 0.1) is 0 Å². The number of benzene rings is 1. The maximum absolute atomic E-state index is 6.04. The molecular formula is C15H24BrN3. The van der Waals surface area contributed by atoms with Gasteiger partial charge >= 0.3 is 0 Å². The minimum Gasteiger partial charge on any atom is -0.329 e. The van der Waals surface area contributed by atoms with Gasteiger partial charge in [-0.25, -0.2) is 0 Å². The van der Waals surface area contributed by atoms with Crippen LogP contribution in [0.5, 0.6) is 0 Å². The highest BCUT2D eigenvalue weighted by molar-refractivity contribution is 9.10. The van der Waals surface area contributed by atoms with Crippen LogP contribution in [0, 0.1) is 6.92 Å². The predicted octanol–water partition coefficient (Wildman–Crippen LogP) is 2.39. The van der Waals surface area contributed by atoms with Crippen molar-refractivity contribution in [3.8, 4) is 0 Å². The smallest absolute Gasteiger partial charge is 0.0471 e. The summed E-state index contributed by atoms with van der Waals surface area (Å²) in [6, 6.07) is 7.51. The summed E-state index contributed by atoms with van der Waals surface area (Å²) in [5, 5.41) is 0. The zero-order valence-electron chi connectivity index (χ0n) is 12.1. The number of nitrogens with zero attached hydrogens (tertiary/aromatic N) is 2. The van der Waals surface area contributed by atoms with Crippen molar-refractivity contribution >= 4 is 15.9 Å². The van der Waals surface area contributed by atoms with Crippen molar-refractivity contribution in [1.29, 1.82) is 0 Å². The van der Waals surface area contributed by atoms with Gasteiger partial charge in [-0.1, -0.05) is 28.1 Å². The van der Waals surface area contributed by atoms with E-state index in [4.69, 9.17) is 5.73 Å².